The van der Waals surface area contributed by atoms with E-state index in [0.717, 1.165) is 0 Å². The molecule has 0 bridgehead atoms. The number of hydrogen-bond donors (Lipinski definition) is 9. The number of nitrogens with zero attached hydrogens (tertiary/aromatic N) is 3. The Kier molecular flexibility index (Phi) is 13.5. The molecule has 0 aliphatic carbocycles. The van der Waals surface area contributed by atoms with Crippen LogP contribution in [0, 0.1) is 10.1 Å². The molecule has 3 atom stereocenters. The number of aliphatic hydroxyl groups excluding tert-OH is 1. The van der Waals surface area contributed by atoms with E-state index in [0.29, 0.717) is 12.8 Å². The molecule has 0 saturated heterocycles. The Balaban J connectivity index is 2.85. The Morgan fingerprint density at radius 3 is 1.89 bits per heavy atom. The fourth-order valence-electron chi connectivity index (χ4n) is 3.06. The number of aliphatic imine (C=N–C) groups is 2. The van der Waals surface area contributed by atoms with E-state index < -0.39 is 47.4 Å². The van der Waals surface area contributed by atoms with Crippen LogP contribution in [0.15, 0.2) is 34.3 Å². The van der Waals surface area contributed by atoms with Crippen molar-refractivity contribution < 1.29 is 24.4 Å². The van der Waals surface area contributed by atoms with Gasteiger partial charge >= 0.3 is 0 Å². The molecule has 1 aromatic carbocycles. The average molecular weight is 538 g/mol. The van der Waals surface area contributed by atoms with E-state index in [1.165, 1.54) is 24.3 Å². The molecule has 17 heteroatoms. The first kappa shape index (κ1) is 31.5. The summed E-state index contributed by atoms with van der Waals surface area (Å²) in [7, 11) is 0. The maximum absolute atomic E-state index is 12.9. The lowest BCUT2D eigenvalue weighted by Crippen LogP contribution is -2.56. The van der Waals surface area contributed by atoms with Gasteiger partial charge in [-0.25, -0.2) is 0 Å². The van der Waals surface area contributed by atoms with Crippen molar-refractivity contribution in [2.75, 3.05) is 25.0 Å². The summed E-state index contributed by atoms with van der Waals surface area (Å²) in [6, 6.07) is 1.58. The van der Waals surface area contributed by atoms with E-state index in [1.54, 1.807) is 0 Å². The third-order valence-corrected chi connectivity index (χ3v) is 5.04. The van der Waals surface area contributed by atoms with E-state index in [4.69, 9.17) is 28.7 Å². The largest absolute Gasteiger partial charge is 0.394 e. The quantitative estimate of drug-likeness (QED) is 0.0335. The monoisotopic (exact) mass is 537 g/mol. The molecule has 0 unspecified atom stereocenters. The van der Waals surface area contributed by atoms with Crippen LogP contribution in [0.1, 0.15) is 25.7 Å². The Labute approximate surface area is 218 Å². The number of rotatable bonds is 16. The van der Waals surface area contributed by atoms with E-state index >= 15 is 0 Å². The summed E-state index contributed by atoms with van der Waals surface area (Å²) in [5.74, 6) is -2.40. The minimum Gasteiger partial charge on any atom is -0.394 e. The zero-order valence-electron chi connectivity index (χ0n) is 20.7. The molecule has 0 saturated carbocycles. The van der Waals surface area contributed by atoms with Gasteiger partial charge in [-0.3, -0.25) is 34.5 Å². The number of anilines is 1. The van der Waals surface area contributed by atoms with Gasteiger partial charge in [0.15, 0.2) is 11.9 Å². The first-order valence-corrected chi connectivity index (χ1v) is 11.6. The minimum atomic E-state index is -1.39. The number of nitro benzene ring substituents is 1. The molecule has 14 N–H and O–H groups in total. The van der Waals surface area contributed by atoms with Gasteiger partial charge in [-0.1, -0.05) is 0 Å². The van der Waals surface area contributed by atoms with E-state index in [1.807, 2.05) is 0 Å². The van der Waals surface area contributed by atoms with Gasteiger partial charge in [0.05, 0.1) is 17.6 Å². The highest BCUT2D eigenvalue weighted by molar-refractivity contribution is 5.98. The smallest absolute Gasteiger partial charge is 0.269 e. The van der Waals surface area contributed by atoms with Crippen molar-refractivity contribution in [2.24, 2.45) is 38.7 Å². The minimum absolute atomic E-state index is 0.0921. The highest BCUT2D eigenvalue weighted by Gasteiger charge is 2.27. The number of amides is 3. The van der Waals surface area contributed by atoms with E-state index in [9.17, 15) is 29.6 Å². The summed E-state index contributed by atoms with van der Waals surface area (Å²) in [5, 5.41) is 27.9. The number of non-ortho nitro benzene ring substituents is 1. The van der Waals surface area contributed by atoms with Crippen molar-refractivity contribution in [3.8, 4) is 0 Å². The number of carbonyl (C=O) groups is 3. The van der Waals surface area contributed by atoms with Gasteiger partial charge in [0.1, 0.15) is 12.1 Å². The number of nitro groups is 1. The number of nitrogens with one attached hydrogen (secondary N) is 3. The Morgan fingerprint density at radius 1 is 0.868 bits per heavy atom. The molecule has 3 amide bonds. The molecule has 38 heavy (non-hydrogen) atoms. The highest BCUT2D eigenvalue weighted by atomic mass is 16.6. The standard InChI is InChI=1S/C21H35N11O6/c22-14(3-1-9-27-20(23)24)17(34)31-16(11-33)19(36)30-15(4-2-10-28-21(25)26)18(35)29-12-5-7-13(8-6-12)32(37)38/h5-8,14-16,33H,1-4,9-11,22H2,(H,29,35)(H,30,36)(H,31,34)(H4,23,24,27)(H4,25,26,28)/t14-,15-,16-/m0/s1. The molecule has 1 rings (SSSR count). The van der Waals surface area contributed by atoms with E-state index in [-0.39, 0.29) is 49.2 Å². The van der Waals surface area contributed by atoms with Crippen LogP contribution >= 0.6 is 0 Å². The predicted molar refractivity (Wildman–Crippen MR) is 140 cm³/mol. The predicted octanol–water partition coefficient (Wildman–Crippen LogP) is -3.07. The average Bonchev–Trinajstić information content (AvgIpc) is 2.86. The fraction of sp³-hybridized carbons (Fsp3) is 0.476. The third kappa shape index (κ3) is 12.0. The van der Waals surface area contributed by atoms with Crippen LogP contribution in [-0.4, -0.2) is 77.5 Å². The normalized spacial score (nSPS) is 12.8. The Hall–Kier alpha value is -4.51. The fourth-order valence-corrected chi connectivity index (χ4v) is 3.06. The first-order chi connectivity index (χ1) is 17.9. The van der Waals surface area contributed by atoms with Crippen LogP contribution in [-0.2, 0) is 14.4 Å². The molecular formula is C21H35N11O6. The second kappa shape index (κ2) is 16.3. The first-order valence-electron chi connectivity index (χ1n) is 11.6. The summed E-state index contributed by atoms with van der Waals surface area (Å²) < 4.78 is 0. The molecule has 0 heterocycles. The third-order valence-electron chi connectivity index (χ3n) is 5.04. The van der Waals surface area contributed by atoms with Gasteiger partial charge in [0.25, 0.3) is 5.69 Å². The number of aliphatic hydroxyl groups is 1. The summed E-state index contributed by atoms with van der Waals surface area (Å²) in [4.78, 5) is 55.9. The van der Waals surface area contributed by atoms with Crippen LogP contribution in [0.4, 0.5) is 11.4 Å². The number of carbonyl (C=O) groups excluding carboxylic acids is 3. The van der Waals surface area contributed by atoms with Gasteiger partial charge in [-0.05, 0) is 37.8 Å². The van der Waals surface area contributed by atoms with Crippen molar-refractivity contribution in [1.29, 1.82) is 0 Å². The second-order valence-corrected chi connectivity index (χ2v) is 8.10. The molecule has 0 aliphatic heterocycles. The van der Waals surface area contributed by atoms with E-state index in [2.05, 4.69) is 25.9 Å². The number of hydrogen-bond acceptors (Lipinski definition) is 9. The summed E-state index contributed by atoms with van der Waals surface area (Å²) in [5.41, 5.74) is 27.0. The Bertz CT molecular complexity index is 1010. The van der Waals surface area contributed by atoms with Crippen molar-refractivity contribution in [2.45, 2.75) is 43.8 Å². The molecular weight excluding hydrogens is 502 g/mol. The number of nitrogens with two attached hydrogens (primary N) is 5. The molecule has 0 fully saturated rings. The SMILES string of the molecule is NC(N)=NCCC[C@H](NC(=O)[C@H](CO)NC(=O)[C@@H](N)CCCN=C(N)N)C(=O)Nc1ccc([N+](=O)[O-])cc1. The lowest BCUT2D eigenvalue weighted by atomic mass is 10.1. The summed E-state index contributed by atoms with van der Waals surface area (Å²) in [6.45, 7) is -0.323. The van der Waals surface area contributed by atoms with Crippen molar-refractivity contribution in [1.82, 2.24) is 10.6 Å². The maximum atomic E-state index is 12.9. The molecule has 0 aromatic heterocycles. The van der Waals surface area contributed by atoms with Gasteiger partial charge in [-0.15, -0.1) is 0 Å². The van der Waals surface area contributed by atoms with Crippen LogP contribution in [0.5, 0.6) is 0 Å². The second-order valence-electron chi connectivity index (χ2n) is 8.10. The van der Waals surface area contributed by atoms with Crippen LogP contribution in [0.25, 0.3) is 0 Å². The molecule has 0 spiro atoms. The molecule has 0 aliphatic rings. The zero-order chi connectivity index (χ0) is 28.7. The van der Waals surface area contributed by atoms with Gasteiger partial charge in [0, 0.05) is 30.9 Å². The number of benzene rings is 1. The lowest BCUT2D eigenvalue weighted by molar-refractivity contribution is -0.384. The zero-order valence-corrected chi connectivity index (χ0v) is 20.7. The Morgan fingerprint density at radius 2 is 1.39 bits per heavy atom. The number of guanidine groups is 2. The van der Waals surface area contributed by atoms with Crippen molar-refractivity contribution >= 4 is 41.0 Å². The van der Waals surface area contributed by atoms with Crippen molar-refractivity contribution in [3.63, 3.8) is 0 Å². The van der Waals surface area contributed by atoms with Crippen molar-refractivity contribution in [3.05, 3.63) is 34.4 Å². The van der Waals surface area contributed by atoms with Gasteiger partial charge in [-0.2, -0.15) is 0 Å². The topological polar surface area (TPSA) is 305 Å². The molecule has 1 aromatic rings. The molecule has 0 radical (unpaired) electrons. The van der Waals surface area contributed by atoms with Crippen LogP contribution < -0.4 is 44.6 Å². The summed E-state index contributed by atoms with van der Waals surface area (Å²) in [6.07, 6.45) is 1.02. The highest BCUT2D eigenvalue weighted by Crippen LogP contribution is 2.16. The van der Waals surface area contributed by atoms with Gasteiger partial charge in [0.2, 0.25) is 17.7 Å². The lowest BCUT2D eigenvalue weighted by Gasteiger charge is -2.23. The summed E-state index contributed by atoms with van der Waals surface area (Å²) >= 11 is 0. The molecule has 17 nitrogen and oxygen atoms in total. The van der Waals surface area contributed by atoms with Crippen LogP contribution in [0.2, 0.25) is 0 Å². The maximum Gasteiger partial charge on any atom is 0.269 e. The van der Waals surface area contributed by atoms with Gasteiger partial charge < -0.3 is 49.7 Å². The van der Waals surface area contributed by atoms with Crippen LogP contribution in [0.3, 0.4) is 0 Å². The molecule has 210 valence electrons.